The van der Waals surface area contributed by atoms with Crippen LogP contribution in [0.5, 0.6) is 0 Å². The quantitative estimate of drug-likeness (QED) is 0.803. The predicted molar refractivity (Wildman–Crippen MR) is 91.1 cm³/mol. The second kappa shape index (κ2) is 6.34. The van der Waals surface area contributed by atoms with Crippen LogP contribution in [0.15, 0.2) is 42.5 Å². The Hall–Kier alpha value is -2.46. The molecule has 0 aliphatic heterocycles. The van der Waals surface area contributed by atoms with Gasteiger partial charge in [-0.25, -0.2) is 4.68 Å². The van der Waals surface area contributed by atoms with Gasteiger partial charge in [0.15, 0.2) is 0 Å². The zero-order chi connectivity index (χ0) is 16.4. The van der Waals surface area contributed by atoms with Gasteiger partial charge in [-0.05, 0) is 49.1 Å². The Kier molecular flexibility index (Phi) is 4.26. The van der Waals surface area contributed by atoms with E-state index in [0.717, 1.165) is 11.3 Å². The Balaban J connectivity index is 2.07. The van der Waals surface area contributed by atoms with Crippen molar-refractivity contribution in [3.63, 3.8) is 0 Å². The number of aryl methyl sites for hydroxylation is 3. The van der Waals surface area contributed by atoms with Crippen LogP contribution in [0.1, 0.15) is 27.9 Å². The molecule has 0 radical (unpaired) electrons. The number of aliphatic hydroxyl groups excluding tert-OH is 1. The van der Waals surface area contributed by atoms with Crippen molar-refractivity contribution in [1.29, 1.82) is 0 Å². The van der Waals surface area contributed by atoms with E-state index < -0.39 is 0 Å². The average molecular weight is 307 g/mol. The SMILES string of the molecule is Cc1ccc(-c2c(CO)nnn2Cc2ccccc2C)cc1C. The molecular formula is C19H21N3O. The zero-order valence-electron chi connectivity index (χ0n) is 13.7. The van der Waals surface area contributed by atoms with E-state index in [-0.39, 0.29) is 6.61 Å². The Labute approximate surface area is 136 Å². The molecule has 0 aliphatic rings. The van der Waals surface area contributed by atoms with Gasteiger partial charge < -0.3 is 5.11 Å². The molecule has 0 atom stereocenters. The first kappa shape index (κ1) is 15.4. The van der Waals surface area contributed by atoms with Crippen molar-refractivity contribution < 1.29 is 5.11 Å². The third kappa shape index (κ3) is 3.03. The molecule has 0 aliphatic carbocycles. The largest absolute Gasteiger partial charge is 0.390 e. The molecule has 3 rings (SSSR count). The maximum atomic E-state index is 9.62. The monoisotopic (exact) mass is 307 g/mol. The van der Waals surface area contributed by atoms with Crippen LogP contribution in [0.4, 0.5) is 0 Å². The standard InChI is InChI=1S/C19H21N3O/c1-13-8-9-16(10-15(13)3)19-18(12-23)20-21-22(19)11-17-7-5-4-6-14(17)2/h4-10,23H,11-12H2,1-3H3. The Morgan fingerprint density at radius 1 is 0.957 bits per heavy atom. The van der Waals surface area contributed by atoms with Crippen LogP contribution in [0, 0.1) is 20.8 Å². The van der Waals surface area contributed by atoms with Crippen molar-refractivity contribution >= 4 is 0 Å². The number of aliphatic hydroxyl groups is 1. The highest BCUT2D eigenvalue weighted by Gasteiger charge is 2.15. The number of rotatable bonds is 4. The van der Waals surface area contributed by atoms with Gasteiger partial charge in [-0.15, -0.1) is 5.10 Å². The van der Waals surface area contributed by atoms with E-state index in [9.17, 15) is 5.11 Å². The molecular weight excluding hydrogens is 286 g/mol. The summed E-state index contributed by atoms with van der Waals surface area (Å²) in [5.41, 5.74) is 7.43. The van der Waals surface area contributed by atoms with Gasteiger partial charge in [0.1, 0.15) is 5.69 Å². The van der Waals surface area contributed by atoms with Crippen molar-refractivity contribution in [3.05, 3.63) is 70.4 Å². The van der Waals surface area contributed by atoms with Gasteiger partial charge in [0.05, 0.1) is 18.8 Å². The molecule has 0 fully saturated rings. The van der Waals surface area contributed by atoms with Gasteiger partial charge in [-0.1, -0.05) is 41.6 Å². The van der Waals surface area contributed by atoms with E-state index in [2.05, 4.69) is 61.4 Å². The Morgan fingerprint density at radius 3 is 2.43 bits per heavy atom. The number of benzene rings is 2. The van der Waals surface area contributed by atoms with Crippen LogP contribution in [0.2, 0.25) is 0 Å². The minimum Gasteiger partial charge on any atom is -0.390 e. The van der Waals surface area contributed by atoms with Crippen LogP contribution < -0.4 is 0 Å². The minimum absolute atomic E-state index is 0.115. The molecule has 0 saturated carbocycles. The molecule has 118 valence electrons. The molecule has 3 aromatic rings. The first-order valence-corrected chi connectivity index (χ1v) is 7.75. The van der Waals surface area contributed by atoms with E-state index in [0.29, 0.717) is 12.2 Å². The first-order chi connectivity index (χ1) is 11.1. The van der Waals surface area contributed by atoms with E-state index in [1.165, 1.54) is 22.3 Å². The molecule has 2 aromatic carbocycles. The Morgan fingerprint density at radius 2 is 1.74 bits per heavy atom. The highest BCUT2D eigenvalue weighted by atomic mass is 16.3. The maximum Gasteiger partial charge on any atom is 0.116 e. The fourth-order valence-electron chi connectivity index (χ4n) is 2.72. The number of hydrogen-bond donors (Lipinski definition) is 1. The molecule has 0 bridgehead atoms. The normalized spacial score (nSPS) is 11.0. The molecule has 23 heavy (non-hydrogen) atoms. The summed E-state index contributed by atoms with van der Waals surface area (Å²) in [5.74, 6) is 0. The van der Waals surface area contributed by atoms with E-state index in [1.807, 2.05) is 16.8 Å². The maximum absolute atomic E-state index is 9.62. The molecule has 1 aromatic heterocycles. The lowest BCUT2D eigenvalue weighted by molar-refractivity contribution is 0.277. The second-order valence-corrected chi connectivity index (χ2v) is 5.93. The van der Waals surface area contributed by atoms with E-state index in [1.54, 1.807) is 0 Å². The third-order valence-electron chi connectivity index (χ3n) is 4.32. The van der Waals surface area contributed by atoms with Gasteiger partial charge in [-0.2, -0.15) is 0 Å². The lowest BCUT2D eigenvalue weighted by Crippen LogP contribution is -2.06. The smallest absolute Gasteiger partial charge is 0.116 e. The van der Waals surface area contributed by atoms with E-state index in [4.69, 9.17) is 0 Å². The van der Waals surface area contributed by atoms with Crippen LogP contribution in [0.3, 0.4) is 0 Å². The molecule has 0 unspecified atom stereocenters. The summed E-state index contributed by atoms with van der Waals surface area (Å²) in [6.45, 7) is 6.80. The summed E-state index contributed by atoms with van der Waals surface area (Å²) in [6, 6.07) is 14.5. The predicted octanol–water partition coefficient (Wildman–Crippen LogP) is 3.41. The topological polar surface area (TPSA) is 50.9 Å². The number of aromatic nitrogens is 3. The molecule has 1 N–H and O–H groups in total. The van der Waals surface area contributed by atoms with Crippen LogP contribution in [-0.2, 0) is 13.2 Å². The van der Waals surface area contributed by atoms with Gasteiger partial charge in [-0.3, -0.25) is 0 Å². The summed E-state index contributed by atoms with van der Waals surface area (Å²) in [5, 5.41) is 18.0. The summed E-state index contributed by atoms with van der Waals surface area (Å²) >= 11 is 0. The van der Waals surface area contributed by atoms with E-state index >= 15 is 0 Å². The zero-order valence-corrected chi connectivity index (χ0v) is 13.7. The fraction of sp³-hybridized carbons (Fsp3) is 0.263. The lowest BCUT2D eigenvalue weighted by atomic mass is 10.0. The molecule has 0 saturated heterocycles. The van der Waals surface area contributed by atoms with Crippen molar-refractivity contribution in [2.24, 2.45) is 0 Å². The van der Waals surface area contributed by atoms with Gasteiger partial charge in [0.2, 0.25) is 0 Å². The van der Waals surface area contributed by atoms with Gasteiger partial charge >= 0.3 is 0 Å². The number of hydrogen-bond acceptors (Lipinski definition) is 3. The Bertz CT molecular complexity index is 836. The van der Waals surface area contributed by atoms with Crippen molar-refractivity contribution in [3.8, 4) is 11.3 Å². The van der Waals surface area contributed by atoms with Crippen LogP contribution in [0.25, 0.3) is 11.3 Å². The molecule has 1 heterocycles. The van der Waals surface area contributed by atoms with Crippen LogP contribution >= 0.6 is 0 Å². The molecule has 0 amide bonds. The molecule has 0 spiro atoms. The van der Waals surface area contributed by atoms with Crippen molar-refractivity contribution in [2.45, 2.75) is 33.9 Å². The van der Waals surface area contributed by atoms with Gasteiger partial charge in [0.25, 0.3) is 0 Å². The highest BCUT2D eigenvalue weighted by Crippen LogP contribution is 2.25. The summed E-state index contributed by atoms with van der Waals surface area (Å²) in [6.07, 6.45) is 0. The third-order valence-corrected chi connectivity index (χ3v) is 4.32. The lowest BCUT2D eigenvalue weighted by Gasteiger charge is -2.11. The first-order valence-electron chi connectivity index (χ1n) is 7.75. The van der Waals surface area contributed by atoms with Gasteiger partial charge in [0, 0.05) is 5.56 Å². The fourth-order valence-corrected chi connectivity index (χ4v) is 2.72. The second-order valence-electron chi connectivity index (χ2n) is 5.93. The average Bonchev–Trinajstić information content (AvgIpc) is 2.95. The van der Waals surface area contributed by atoms with Crippen molar-refractivity contribution in [1.82, 2.24) is 15.0 Å². The summed E-state index contributed by atoms with van der Waals surface area (Å²) in [7, 11) is 0. The molecule has 4 nitrogen and oxygen atoms in total. The number of nitrogens with zero attached hydrogens (tertiary/aromatic N) is 3. The highest BCUT2D eigenvalue weighted by molar-refractivity contribution is 5.63. The minimum atomic E-state index is -0.115. The van der Waals surface area contributed by atoms with Crippen molar-refractivity contribution in [2.75, 3.05) is 0 Å². The van der Waals surface area contributed by atoms with Crippen LogP contribution in [-0.4, -0.2) is 20.1 Å². The summed E-state index contributed by atoms with van der Waals surface area (Å²) in [4.78, 5) is 0. The molecule has 4 heteroatoms. The summed E-state index contributed by atoms with van der Waals surface area (Å²) < 4.78 is 1.87.